The van der Waals surface area contributed by atoms with Gasteiger partial charge in [0, 0.05) is 6.04 Å². The molecule has 0 aliphatic heterocycles. The first kappa shape index (κ1) is 11.8. The highest BCUT2D eigenvalue weighted by Gasteiger charge is 2.08. The fraction of sp³-hybridized carbons (Fsp3) is 0.455. The molecule has 0 aliphatic carbocycles. The summed E-state index contributed by atoms with van der Waals surface area (Å²) in [6.45, 7) is 5.20. The first-order chi connectivity index (χ1) is 6.69. The Kier molecular flexibility index (Phi) is 4.73. The van der Waals surface area contributed by atoms with Crippen LogP contribution in [0.3, 0.4) is 0 Å². The maximum Gasteiger partial charge on any atom is 0.0595 e. The van der Waals surface area contributed by atoms with Crippen molar-refractivity contribution in [2.24, 2.45) is 0 Å². The van der Waals surface area contributed by atoms with E-state index < -0.39 is 0 Å². The summed E-state index contributed by atoms with van der Waals surface area (Å²) in [7, 11) is 0. The Balaban J connectivity index is 2.88. The highest BCUT2D eigenvalue weighted by Crippen LogP contribution is 2.26. The molecule has 1 nitrogen and oxygen atoms in total. The lowest BCUT2D eigenvalue weighted by molar-refractivity contribution is 0.537. The fourth-order valence-corrected chi connectivity index (χ4v) is 1.78. The van der Waals surface area contributed by atoms with E-state index >= 15 is 0 Å². The smallest absolute Gasteiger partial charge is 0.0595 e. The van der Waals surface area contributed by atoms with Crippen LogP contribution in [-0.2, 0) is 0 Å². The summed E-state index contributed by atoms with van der Waals surface area (Å²) in [6, 6.07) is 6.17. The normalized spacial score (nSPS) is 12.9. The van der Waals surface area contributed by atoms with Gasteiger partial charge in [0.15, 0.2) is 0 Å². The zero-order valence-corrected chi connectivity index (χ0v) is 9.99. The molecule has 0 radical (unpaired) electrons. The molecule has 14 heavy (non-hydrogen) atoms. The van der Waals surface area contributed by atoms with Crippen LogP contribution in [0.5, 0.6) is 0 Å². The second-order valence-corrected chi connectivity index (χ2v) is 4.01. The van der Waals surface area contributed by atoms with Gasteiger partial charge in [-0.05, 0) is 30.7 Å². The Morgan fingerprint density at radius 2 is 1.93 bits per heavy atom. The average Bonchev–Trinajstić information content (AvgIpc) is 2.19. The Morgan fingerprint density at radius 3 is 2.43 bits per heavy atom. The third-order valence-corrected chi connectivity index (χ3v) is 2.94. The molecule has 1 atom stereocenters. The van der Waals surface area contributed by atoms with E-state index in [1.165, 1.54) is 5.56 Å². The van der Waals surface area contributed by atoms with E-state index in [9.17, 15) is 0 Å². The van der Waals surface area contributed by atoms with E-state index in [0.717, 1.165) is 13.0 Å². The van der Waals surface area contributed by atoms with Gasteiger partial charge in [-0.25, -0.2) is 0 Å². The van der Waals surface area contributed by atoms with E-state index in [1.54, 1.807) is 0 Å². The molecule has 0 spiro atoms. The molecule has 1 unspecified atom stereocenters. The van der Waals surface area contributed by atoms with Gasteiger partial charge in [0.05, 0.1) is 10.0 Å². The summed E-state index contributed by atoms with van der Waals surface area (Å²) >= 11 is 11.8. The Labute approximate surface area is 95.4 Å². The van der Waals surface area contributed by atoms with Gasteiger partial charge in [-0.15, -0.1) is 0 Å². The van der Waals surface area contributed by atoms with Crippen LogP contribution in [0.1, 0.15) is 31.9 Å². The largest absolute Gasteiger partial charge is 0.310 e. The van der Waals surface area contributed by atoms with Crippen molar-refractivity contribution in [3.05, 3.63) is 33.8 Å². The molecule has 0 saturated heterocycles. The number of rotatable bonds is 4. The molecule has 0 aliphatic rings. The molecule has 0 aromatic heterocycles. The van der Waals surface area contributed by atoms with Crippen LogP contribution in [0.4, 0.5) is 0 Å². The Morgan fingerprint density at radius 1 is 1.21 bits per heavy atom. The minimum Gasteiger partial charge on any atom is -0.310 e. The highest BCUT2D eigenvalue weighted by atomic mass is 35.5. The van der Waals surface area contributed by atoms with Crippen molar-refractivity contribution in [2.45, 2.75) is 26.3 Å². The average molecular weight is 232 g/mol. The highest BCUT2D eigenvalue weighted by molar-refractivity contribution is 6.42. The number of nitrogens with one attached hydrogen (secondary N) is 1. The van der Waals surface area contributed by atoms with Crippen molar-refractivity contribution in [1.29, 1.82) is 0 Å². The molecule has 1 rings (SSSR count). The Bertz CT molecular complexity index is 299. The molecular weight excluding hydrogens is 217 g/mol. The predicted octanol–water partition coefficient (Wildman–Crippen LogP) is 4.05. The van der Waals surface area contributed by atoms with Crippen molar-refractivity contribution in [3.63, 3.8) is 0 Å². The molecule has 0 amide bonds. The van der Waals surface area contributed by atoms with E-state index in [-0.39, 0.29) is 0 Å². The Hall–Kier alpha value is -0.240. The minimum atomic E-state index is 0.370. The molecular formula is C11H15Cl2N. The van der Waals surface area contributed by atoms with Crippen molar-refractivity contribution in [2.75, 3.05) is 6.54 Å². The van der Waals surface area contributed by atoms with Gasteiger partial charge in [-0.3, -0.25) is 0 Å². The lowest BCUT2D eigenvalue weighted by atomic mass is 10.0. The van der Waals surface area contributed by atoms with Crippen LogP contribution in [0.25, 0.3) is 0 Å². The van der Waals surface area contributed by atoms with Crippen LogP contribution in [0.15, 0.2) is 18.2 Å². The van der Waals surface area contributed by atoms with Gasteiger partial charge in [0.25, 0.3) is 0 Å². The van der Waals surface area contributed by atoms with Crippen molar-refractivity contribution < 1.29 is 0 Å². The molecule has 0 heterocycles. The number of hydrogen-bond donors (Lipinski definition) is 1. The summed E-state index contributed by atoms with van der Waals surface area (Å²) in [5.41, 5.74) is 1.20. The summed E-state index contributed by atoms with van der Waals surface area (Å²) in [5, 5.41) is 4.63. The number of benzene rings is 1. The predicted molar refractivity (Wildman–Crippen MR) is 63.2 cm³/mol. The SMILES string of the molecule is CCNC(CC)c1ccc(Cl)c(Cl)c1. The molecule has 1 N–H and O–H groups in total. The zero-order chi connectivity index (χ0) is 10.6. The van der Waals surface area contributed by atoms with Gasteiger partial charge < -0.3 is 5.32 Å². The second-order valence-electron chi connectivity index (χ2n) is 3.19. The lowest BCUT2D eigenvalue weighted by Gasteiger charge is -2.16. The zero-order valence-electron chi connectivity index (χ0n) is 8.48. The third-order valence-electron chi connectivity index (χ3n) is 2.20. The molecule has 78 valence electrons. The maximum atomic E-state index is 5.96. The number of halogens is 2. The topological polar surface area (TPSA) is 12.0 Å². The van der Waals surface area contributed by atoms with Crippen molar-refractivity contribution >= 4 is 23.2 Å². The number of hydrogen-bond acceptors (Lipinski definition) is 1. The van der Waals surface area contributed by atoms with E-state index in [4.69, 9.17) is 23.2 Å². The van der Waals surface area contributed by atoms with Crippen molar-refractivity contribution in [3.8, 4) is 0 Å². The van der Waals surface area contributed by atoms with Crippen LogP contribution in [0, 0.1) is 0 Å². The van der Waals surface area contributed by atoms with Crippen LogP contribution in [-0.4, -0.2) is 6.54 Å². The van der Waals surface area contributed by atoms with Crippen LogP contribution in [0.2, 0.25) is 10.0 Å². The molecule has 3 heteroatoms. The summed E-state index contributed by atoms with van der Waals surface area (Å²) in [4.78, 5) is 0. The molecule has 0 fully saturated rings. The molecule has 0 saturated carbocycles. The molecule has 1 aromatic rings. The third kappa shape index (κ3) is 2.88. The monoisotopic (exact) mass is 231 g/mol. The van der Waals surface area contributed by atoms with Gasteiger partial charge in [0.2, 0.25) is 0 Å². The second kappa shape index (κ2) is 5.59. The van der Waals surface area contributed by atoms with Crippen molar-refractivity contribution in [1.82, 2.24) is 5.32 Å². The van der Waals surface area contributed by atoms with E-state index in [1.807, 2.05) is 18.2 Å². The van der Waals surface area contributed by atoms with Crippen LogP contribution >= 0.6 is 23.2 Å². The maximum absolute atomic E-state index is 5.96. The van der Waals surface area contributed by atoms with E-state index in [0.29, 0.717) is 16.1 Å². The van der Waals surface area contributed by atoms with Crippen LogP contribution < -0.4 is 5.32 Å². The molecule has 0 bridgehead atoms. The van der Waals surface area contributed by atoms with E-state index in [2.05, 4.69) is 19.2 Å². The standard InChI is InChI=1S/C11H15Cl2N/c1-3-11(14-4-2)8-5-6-9(12)10(13)7-8/h5-7,11,14H,3-4H2,1-2H3. The van der Waals surface area contributed by atoms with Gasteiger partial charge in [-0.2, -0.15) is 0 Å². The van der Waals surface area contributed by atoms with Gasteiger partial charge in [0.1, 0.15) is 0 Å². The summed E-state index contributed by atoms with van der Waals surface area (Å²) < 4.78 is 0. The minimum absolute atomic E-state index is 0.370. The quantitative estimate of drug-likeness (QED) is 0.825. The first-order valence-electron chi connectivity index (χ1n) is 4.87. The van der Waals surface area contributed by atoms with Gasteiger partial charge in [-0.1, -0.05) is 43.1 Å². The fourth-order valence-electron chi connectivity index (χ4n) is 1.47. The summed E-state index contributed by atoms with van der Waals surface area (Å²) in [6.07, 6.45) is 1.05. The summed E-state index contributed by atoms with van der Waals surface area (Å²) in [5.74, 6) is 0. The first-order valence-corrected chi connectivity index (χ1v) is 5.63. The van der Waals surface area contributed by atoms with Gasteiger partial charge >= 0.3 is 0 Å². The lowest BCUT2D eigenvalue weighted by Crippen LogP contribution is -2.19. The molecule has 1 aromatic carbocycles.